The zero-order valence-electron chi connectivity index (χ0n) is 25.5. The molecule has 0 heterocycles. The van der Waals surface area contributed by atoms with Crippen molar-refractivity contribution in [3.63, 3.8) is 0 Å². The summed E-state index contributed by atoms with van der Waals surface area (Å²) in [6.45, 7) is 5.62. The van der Waals surface area contributed by atoms with Gasteiger partial charge in [-0.2, -0.15) is 0 Å². The predicted octanol–water partition coefficient (Wildman–Crippen LogP) is 11.5. The maximum absolute atomic E-state index is 12.7. The summed E-state index contributed by atoms with van der Waals surface area (Å²) < 4.78 is 0.985. The van der Waals surface area contributed by atoms with E-state index in [2.05, 4.69) is 84.4 Å². The molecule has 0 N–H and O–H groups in total. The van der Waals surface area contributed by atoms with Gasteiger partial charge in [0, 0.05) is 10.0 Å². The Morgan fingerprint density at radius 3 is 1.60 bits per heavy atom. The van der Waals surface area contributed by atoms with Gasteiger partial charge in [0.15, 0.2) is 15.5 Å². The van der Waals surface area contributed by atoms with Gasteiger partial charge in [-0.3, -0.25) is 4.79 Å². The van der Waals surface area contributed by atoms with E-state index in [4.69, 9.17) is 0 Å². The summed E-state index contributed by atoms with van der Waals surface area (Å²) in [4.78, 5) is 15.1. The standard InChI is InChI=1S/C20H16BrOS.C18H31B/c21-17-13-11-16(12-14-17)20(22)15-23(18-7-3-1-4-8-18)19-9-5-2-6-10-19;1-3-5-15-19(16-6-4-2)17-11-10-14-18-12-8-7-9-13-18/h1-14H,15H2;7-9,12-13H,3-6,10-11,14-17H2,1-2H3/q+1;. The van der Waals surface area contributed by atoms with Gasteiger partial charge in [0.2, 0.25) is 5.78 Å². The Kier molecular flexibility index (Phi) is 16.5. The number of rotatable bonds is 16. The summed E-state index contributed by atoms with van der Waals surface area (Å²) in [5.74, 6) is 0.670. The lowest BCUT2D eigenvalue weighted by molar-refractivity contribution is 0.102. The molecular weight excluding hydrogens is 595 g/mol. The van der Waals surface area contributed by atoms with Gasteiger partial charge in [0.1, 0.15) is 6.71 Å². The van der Waals surface area contributed by atoms with E-state index in [0.717, 1.165) is 16.7 Å². The SMILES string of the molecule is CCCCB(CCCC)CCCCc1ccccc1.O=C(C[S+](c1ccccc1)c1ccccc1)c1ccc(Br)cc1. The van der Waals surface area contributed by atoms with Crippen LogP contribution in [0, 0.1) is 0 Å². The van der Waals surface area contributed by atoms with Crippen molar-refractivity contribution in [2.75, 3.05) is 5.75 Å². The first-order valence-electron chi connectivity index (χ1n) is 15.7. The fourth-order valence-electron chi connectivity index (χ4n) is 5.15. The summed E-state index contributed by atoms with van der Waals surface area (Å²) in [7, 11) is -0.248. The fourth-order valence-corrected chi connectivity index (χ4v) is 7.42. The molecule has 0 radical (unpaired) electrons. The van der Waals surface area contributed by atoms with E-state index in [1.54, 1.807) is 0 Å². The Hall–Kier alpha value is -2.56. The lowest BCUT2D eigenvalue weighted by Gasteiger charge is -2.12. The van der Waals surface area contributed by atoms with Gasteiger partial charge in [0.05, 0.1) is 10.9 Å². The molecule has 0 saturated heterocycles. The number of carbonyl (C=O) groups excluding carboxylic acids is 1. The monoisotopic (exact) mass is 641 g/mol. The Morgan fingerprint density at radius 2 is 1.10 bits per heavy atom. The van der Waals surface area contributed by atoms with Crippen molar-refractivity contribution >= 4 is 39.3 Å². The molecule has 4 heteroatoms. The van der Waals surface area contributed by atoms with Gasteiger partial charge in [-0.1, -0.05) is 160 Å². The number of hydrogen-bond donors (Lipinski definition) is 0. The lowest BCUT2D eigenvalue weighted by Crippen LogP contribution is -2.17. The number of hydrogen-bond acceptors (Lipinski definition) is 1. The molecule has 220 valence electrons. The maximum Gasteiger partial charge on any atom is 0.212 e. The molecule has 42 heavy (non-hydrogen) atoms. The smallest absolute Gasteiger partial charge is 0.212 e. The average Bonchev–Trinajstić information content (AvgIpc) is 3.04. The lowest BCUT2D eigenvalue weighted by atomic mass is 9.41. The number of unbranched alkanes of at least 4 members (excludes halogenated alkanes) is 3. The van der Waals surface area contributed by atoms with Crippen LogP contribution in [-0.2, 0) is 17.3 Å². The van der Waals surface area contributed by atoms with Crippen molar-refractivity contribution in [2.24, 2.45) is 0 Å². The zero-order valence-corrected chi connectivity index (χ0v) is 27.9. The van der Waals surface area contributed by atoms with Crippen LogP contribution in [0.2, 0.25) is 19.0 Å². The molecule has 0 aliphatic rings. The minimum Gasteiger partial charge on any atom is -0.289 e. The summed E-state index contributed by atoms with van der Waals surface area (Å²) in [5, 5.41) is 0. The minimum absolute atomic E-state index is 0.175. The number of Topliss-reactive ketones (excluding diaryl/α,β-unsaturated/α-hetero) is 1. The molecule has 0 atom stereocenters. The highest BCUT2D eigenvalue weighted by Gasteiger charge is 2.28. The van der Waals surface area contributed by atoms with Crippen LogP contribution in [0.5, 0.6) is 0 Å². The van der Waals surface area contributed by atoms with E-state index in [9.17, 15) is 4.79 Å². The number of carbonyl (C=O) groups is 1. The van der Waals surface area contributed by atoms with Gasteiger partial charge in [-0.05, 0) is 54.8 Å². The summed E-state index contributed by atoms with van der Waals surface area (Å²) >= 11 is 3.41. The summed E-state index contributed by atoms with van der Waals surface area (Å²) in [6, 6.07) is 39.1. The van der Waals surface area contributed by atoms with Crippen LogP contribution < -0.4 is 0 Å². The predicted molar refractivity (Wildman–Crippen MR) is 189 cm³/mol. The quantitative estimate of drug-likeness (QED) is 0.0514. The molecule has 4 aromatic carbocycles. The van der Waals surface area contributed by atoms with Gasteiger partial charge in [-0.25, -0.2) is 0 Å². The first-order valence-corrected chi connectivity index (χ1v) is 17.9. The molecule has 0 amide bonds. The third kappa shape index (κ3) is 12.8. The molecule has 4 aromatic rings. The number of aryl methyl sites for hydroxylation is 1. The van der Waals surface area contributed by atoms with E-state index in [0.29, 0.717) is 5.75 Å². The summed E-state index contributed by atoms with van der Waals surface area (Å²) in [6.07, 6.45) is 14.0. The average molecular weight is 643 g/mol. The van der Waals surface area contributed by atoms with Crippen molar-refractivity contribution in [1.29, 1.82) is 0 Å². The van der Waals surface area contributed by atoms with Crippen LogP contribution in [0.4, 0.5) is 0 Å². The van der Waals surface area contributed by atoms with Crippen LogP contribution in [0.3, 0.4) is 0 Å². The number of benzene rings is 4. The minimum atomic E-state index is -0.248. The molecule has 0 aliphatic carbocycles. The third-order valence-electron chi connectivity index (χ3n) is 7.60. The Morgan fingerprint density at radius 1 is 0.619 bits per heavy atom. The van der Waals surface area contributed by atoms with Gasteiger partial charge in [-0.15, -0.1) is 0 Å². The maximum atomic E-state index is 12.7. The van der Waals surface area contributed by atoms with Crippen molar-refractivity contribution in [1.82, 2.24) is 0 Å². The molecule has 1 nitrogen and oxygen atoms in total. The van der Waals surface area contributed by atoms with E-state index in [1.807, 2.05) is 60.7 Å². The Balaban J connectivity index is 0.000000236. The van der Waals surface area contributed by atoms with Gasteiger partial charge in [0.25, 0.3) is 0 Å². The van der Waals surface area contributed by atoms with E-state index >= 15 is 0 Å². The second-order valence-electron chi connectivity index (χ2n) is 11.0. The molecule has 0 fully saturated rings. The molecule has 0 spiro atoms. The second kappa shape index (κ2) is 20.4. The molecule has 0 aromatic heterocycles. The van der Waals surface area contributed by atoms with Crippen molar-refractivity contribution in [3.8, 4) is 0 Å². The normalized spacial score (nSPS) is 10.7. The highest BCUT2D eigenvalue weighted by atomic mass is 79.9. The highest BCUT2D eigenvalue weighted by Crippen LogP contribution is 2.25. The van der Waals surface area contributed by atoms with Crippen LogP contribution in [0.25, 0.3) is 0 Å². The highest BCUT2D eigenvalue weighted by molar-refractivity contribution is 9.10. The first-order chi connectivity index (χ1) is 20.6. The molecule has 0 saturated carbocycles. The van der Waals surface area contributed by atoms with Crippen LogP contribution in [-0.4, -0.2) is 18.2 Å². The molecule has 0 bridgehead atoms. The second-order valence-corrected chi connectivity index (χ2v) is 13.9. The summed E-state index contributed by atoms with van der Waals surface area (Å²) in [5.41, 5.74) is 2.26. The van der Waals surface area contributed by atoms with E-state index < -0.39 is 0 Å². The topological polar surface area (TPSA) is 17.1 Å². The van der Waals surface area contributed by atoms with Crippen LogP contribution in [0.15, 0.2) is 130 Å². The third-order valence-corrected chi connectivity index (χ3v) is 10.4. The largest absolute Gasteiger partial charge is 0.289 e. The van der Waals surface area contributed by atoms with Gasteiger partial charge < -0.3 is 0 Å². The van der Waals surface area contributed by atoms with Crippen molar-refractivity contribution in [2.45, 2.75) is 87.5 Å². The van der Waals surface area contributed by atoms with Crippen LogP contribution in [0.1, 0.15) is 68.3 Å². The zero-order chi connectivity index (χ0) is 29.8. The van der Waals surface area contributed by atoms with Crippen molar-refractivity contribution < 1.29 is 4.79 Å². The molecular formula is C38H47BBrOS+. The molecule has 4 rings (SSSR count). The van der Waals surface area contributed by atoms with Crippen LogP contribution >= 0.6 is 15.9 Å². The molecule has 0 unspecified atom stereocenters. The number of ketones is 1. The van der Waals surface area contributed by atoms with Gasteiger partial charge >= 0.3 is 0 Å². The molecule has 0 aliphatic heterocycles. The fraction of sp³-hybridized carbons (Fsp3) is 0.342. The Bertz CT molecular complexity index is 1200. The Labute approximate surface area is 267 Å². The van der Waals surface area contributed by atoms with Crippen molar-refractivity contribution in [3.05, 3.63) is 131 Å². The van der Waals surface area contributed by atoms with E-state index in [1.165, 1.54) is 79.3 Å². The number of halogens is 1. The van der Waals surface area contributed by atoms with E-state index in [-0.39, 0.29) is 16.7 Å². The first kappa shape index (κ1) is 33.9.